The molecule has 0 aromatic rings. The first-order valence-electron chi connectivity index (χ1n) is 1.99. The lowest BCUT2D eigenvalue weighted by atomic mass is 10.1. The van der Waals surface area contributed by atoms with Gasteiger partial charge in [0.2, 0.25) is 0 Å². The molecule has 0 radical (unpaired) electrons. The first-order chi connectivity index (χ1) is 3.50. The second-order valence-corrected chi connectivity index (χ2v) is 1.71. The minimum Gasteiger partial charge on any atom is -0.480 e. The lowest BCUT2D eigenvalue weighted by Crippen LogP contribution is -2.46. The summed E-state index contributed by atoms with van der Waals surface area (Å²) in [6.07, 6.45) is 0.190. The van der Waals surface area contributed by atoms with E-state index in [1.54, 1.807) is 0 Å². The molecule has 0 bridgehead atoms. The Labute approximate surface area is 46.3 Å². The second-order valence-electron chi connectivity index (χ2n) is 1.71. The van der Waals surface area contributed by atoms with Gasteiger partial charge in [-0.3, -0.25) is 0 Å². The summed E-state index contributed by atoms with van der Waals surface area (Å²) in [5.74, 6) is -1.31. The molecule has 1 unspecified atom stereocenters. The second kappa shape index (κ2) is 1.92. The fraction of sp³-hybridized carbons (Fsp3) is 0.500. The topological polar surface area (TPSA) is 80.4 Å². The predicted molar refractivity (Wildman–Crippen MR) is 26.3 cm³/mol. The number of rotatable bonds is 2. The Balaban J connectivity index is 4.12. The molecule has 0 aliphatic heterocycles. The predicted octanol–water partition coefficient (Wildman–Crippen LogP) is -1.01. The number of hydrogen-bond acceptors (Lipinski definition) is 3. The number of aldehydes is 1. The highest BCUT2D eigenvalue weighted by Crippen LogP contribution is 1.90. The summed E-state index contributed by atoms with van der Waals surface area (Å²) in [5.41, 5.74) is 3.17. The molecule has 0 amide bonds. The molecule has 1 atom stereocenters. The number of carboxylic acid groups (broad SMARTS) is 1. The Hall–Kier alpha value is -0.900. The van der Waals surface area contributed by atoms with E-state index in [0.29, 0.717) is 0 Å². The third kappa shape index (κ3) is 1.31. The molecule has 0 aromatic carbocycles. The van der Waals surface area contributed by atoms with Crippen LogP contribution in [0.3, 0.4) is 0 Å². The standard InChI is InChI=1S/C4H7NO3/c1-4(5,2-6)3(7)8/h2H,5H2,1H3,(H,7,8). The fourth-order valence-electron chi connectivity index (χ4n) is 0.0504. The summed E-state index contributed by atoms with van der Waals surface area (Å²) in [5, 5.41) is 8.08. The van der Waals surface area contributed by atoms with Crippen molar-refractivity contribution >= 4 is 12.3 Å². The molecule has 0 aromatic heterocycles. The molecule has 0 aliphatic rings. The normalized spacial score (nSPS) is 16.8. The van der Waals surface area contributed by atoms with Crippen molar-refractivity contribution < 1.29 is 14.7 Å². The van der Waals surface area contributed by atoms with Gasteiger partial charge in [-0.25, -0.2) is 4.79 Å². The highest BCUT2D eigenvalue weighted by molar-refractivity contribution is 5.95. The van der Waals surface area contributed by atoms with Crippen LogP contribution in [0.25, 0.3) is 0 Å². The van der Waals surface area contributed by atoms with Crippen molar-refractivity contribution in [1.29, 1.82) is 0 Å². The Morgan fingerprint density at radius 3 is 2.25 bits per heavy atom. The van der Waals surface area contributed by atoms with E-state index in [1.807, 2.05) is 0 Å². The number of nitrogens with two attached hydrogens (primary N) is 1. The Morgan fingerprint density at radius 1 is 1.88 bits per heavy atom. The van der Waals surface area contributed by atoms with E-state index >= 15 is 0 Å². The van der Waals surface area contributed by atoms with Crippen LogP contribution in [-0.4, -0.2) is 22.9 Å². The van der Waals surface area contributed by atoms with E-state index in [-0.39, 0.29) is 6.29 Å². The maximum atomic E-state index is 9.90. The van der Waals surface area contributed by atoms with Gasteiger partial charge in [-0.15, -0.1) is 0 Å². The summed E-state index contributed by atoms with van der Waals surface area (Å²) in [6, 6.07) is 0. The highest BCUT2D eigenvalue weighted by Gasteiger charge is 2.26. The van der Waals surface area contributed by atoms with Crippen molar-refractivity contribution in [2.45, 2.75) is 12.5 Å². The van der Waals surface area contributed by atoms with Crippen LogP contribution >= 0.6 is 0 Å². The van der Waals surface area contributed by atoms with Gasteiger partial charge in [0.05, 0.1) is 0 Å². The lowest BCUT2D eigenvalue weighted by Gasteiger charge is -2.07. The minimum absolute atomic E-state index is 0.190. The number of aliphatic carboxylic acids is 1. The van der Waals surface area contributed by atoms with E-state index in [4.69, 9.17) is 10.8 Å². The number of hydrogen-bond donors (Lipinski definition) is 2. The van der Waals surface area contributed by atoms with Gasteiger partial charge >= 0.3 is 5.97 Å². The molecule has 3 N–H and O–H groups in total. The lowest BCUT2D eigenvalue weighted by molar-refractivity contribution is -0.144. The van der Waals surface area contributed by atoms with E-state index in [1.165, 1.54) is 0 Å². The molecule has 0 saturated heterocycles. The zero-order valence-electron chi connectivity index (χ0n) is 4.42. The zero-order valence-corrected chi connectivity index (χ0v) is 4.42. The van der Waals surface area contributed by atoms with Gasteiger partial charge in [-0.05, 0) is 6.92 Å². The maximum absolute atomic E-state index is 9.90. The van der Waals surface area contributed by atoms with Crippen molar-refractivity contribution in [3.8, 4) is 0 Å². The van der Waals surface area contributed by atoms with Crippen molar-refractivity contribution in [1.82, 2.24) is 0 Å². The molecule has 4 heteroatoms. The van der Waals surface area contributed by atoms with Crippen molar-refractivity contribution in [2.24, 2.45) is 5.73 Å². The molecular weight excluding hydrogens is 110 g/mol. The van der Waals surface area contributed by atoms with Crippen LogP contribution in [0.4, 0.5) is 0 Å². The van der Waals surface area contributed by atoms with Crippen LogP contribution in [0.1, 0.15) is 6.92 Å². The molecular formula is C4H7NO3. The first kappa shape index (κ1) is 7.10. The maximum Gasteiger partial charge on any atom is 0.330 e. The molecule has 0 aliphatic carbocycles. The smallest absolute Gasteiger partial charge is 0.330 e. The van der Waals surface area contributed by atoms with Gasteiger partial charge in [-0.1, -0.05) is 0 Å². The van der Waals surface area contributed by atoms with Gasteiger partial charge in [-0.2, -0.15) is 0 Å². The molecule has 0 heterocycles. The average molecular weight is 117 g/mol. The SMILES string of the molecule is CC(N)(C=O)C(=O)O. The van der Waals surface area contributed by atoms with Crippen LogP contribution in [-0.2, 0) is 9.59 Å². The van der Waals surface area contributed by atoms with E-state index < -0.39 is 11.5 Å². The average Bonchev–Trinajstić information content (AvgIpc) is 1.67. The third-order valence-corrected chi connectivity index (χ3v) is 0.706. The molecule has 0 saturated carbocycles. The largest absolute Gasteiger partial charge is 0.480 e. The van der Waals surface area contributed by atoms with E-state index in [9.17, 15) is 9.59 Å². The monoisotopic (exact) mass is 117 g/mol. The fourth-order valence-corrected chi connectivity index (χ4v) is 0.0504. The number of carboxylic acids is 1. The Morgan fingerprint density at radius 2 is 2.25 bits per heavy atom. The van der Waals surface area contributed by atoms with E-state index in [2.05, 4.69) is 0 Å². The van der Waals surface area contributed by atoms with Gasteiger partial charge in [0.25, 0.3) is 0 Å². The van der Waals surface area contributed by atoms with Crippen LogP contribution < -0.4 is 5.73 Å². The van der Waals surface area contributed by atoms with Crippen molar-refractivity contribution in [3.63, 3.8) is 0 Å². The summed E-state index contributed by atoms with van der Waals surface area (Å²) in [6.45, 7) is 1.13. The van der Waals surface area contributed by atoms with Crippen LogP contribution in [0.2, 0.25) is 0 Å². The van der Waals surface area contributed by atoms with Crippen LogP contribution in [0.5, 0.6) is 0 Å². The van der Waals surface area contributed by atoms with Crippen molar-refractivity contribution in [3.05, 3.63) is 0 Å². The molecule has 0 spiro atoms. The highest BCUT2D eigenvalue weighted by atomic mass is 16.4. The van der Waals surface area contributed by atoms with Crippen LogP contribution in [0.15, 0.2) is 0 Å². The third-order valence-electron chi connectivity index (χ3n) is 0.706. The minimum atomic E-state index is -1.72. The van der Waals surface area contributed by atoms with Crippen molar-refractivity contribution in [2.75, 3.05) is 0 Å². The number of carbonyl (C=O) groups is 2. The quantitative estimate of drug-likeness (QED) is 0.358. The molecule has 0 fully saturated rings. The Bertz CT molecular complexity index is 118. The van der Waals surface area contributed by atoms with Gasteiger partial charge in [0.15, 0.2) is 11.8 Å². The Kier molecular flexibility index (Phi) is 1.70. The zero-order chi connectivity index (χ0) is 6.78. The summed E-state index contributed by atoms with van der Waals surface area (Å²) < 4.78 is 0. The van der Waals surface area contributed by atoms with Gasteiger partial charge in [0.1, 0.15) is 0 Å². The van der Waals surface area contributed by atoms with Crippen LogP contribution in [0, 0.1) is 0 Å². The van der Waals surface area contributed by atoms with Gasteiger partial charge in [0, 0.05) is 0 Å². The molecule has 4 nitrogen and oxygen atoms in total. The molecule has 8 heavy (non-hydrogen) atoms. The van der Waals surface area contributed by atoms with E-state index in [0.717, 1.165) is 6.92 Å². The molecule has 0 rings (SSSR count). The van der Waals surface area contributed by atoms with Gasteiger partial charge < -0.3 is 15.6 Å². The molecule has 46 valence electrons. The summed E-state index contributed by atoms with van der Waals surface area (Å²) >= 11 is 0. The number of carbonyl (C=O) groups excluding carboxylic acids is 1. The summed E-state index contributed by atoms with van der Waals surface area (Å²) in [7, 11) is 0. The summed E-state index contributed by atoms with van der Waals surface area (Å²) in [4.78, 5) is 19.7. The first-order valence-corrected chi connectivity index (χ1v) is 1.99.